The van der Waals surface area contributed by atoms with Crippen LogP contribution in [-0.4, -0.2) is 48.8 Å². The lowest BCUT2D eigenvalue weighted by Crippen LogP contribution is -2.34. The van der Waals surface area contributed by atoms with Crippen LogP contribution in [0.25, 0.3) is 6.08 Å². The smallest absolute Gasteiger partial charge is 0.325 e. The molecule has 0 aliphatic carbocycles. The standard InChI is InChI=1S/C18H19FN2O4S/c1-11-7-14(20-5-3-4-6-20)13(19)8-12(11)9-15-17(23)21(18(24)26-15)10-16(22)25-2/h7-9H,3-6,10H2,1-2H3. The molecule has 0 spiro atoms. The first kappa shape index (κ1) is 18.4. The summed E-state index contributed by atoms with van der Waals surface area (Å²) in [7, 11) is 1.19. The van der Waals surface area contributed by atoms with Crippen molar-refractivity contribution in [3.8, 4) is 0 Å². The normalized spacial score (nSPS) is 19.0. The molecule has 2 heterocycles. The molecule has 2 aliphatic rings. The maximum atomic E-state index is 14.5. The lowest BCUT2D eigenvalue weighted by atomic mass is 10.1. The van der Waals surface area contributed by atoms with Gasteiger partial charge in [0.05, 0.1) is 17.7 Å². The molecule has 2 saturated heterocycles. The Labute approximate surface area is 155 Å². The summed E-state index contributed by atoms with van der Waals surface area (Å²) in [4.78, 5) is 38.6. The lowest BCUT2D eigenvalue weighted by Gasteiger charge is -2.19. The highest BCUT2D eigenvalue weighted by Gasteiger charge is 2.36. The molecule has 0 unspecified atom stereocenters. The Kier molecular flexibility index (Phi) is 5.31. The van der Waals surface area contributed by atoms with E-state index in [1.165, 1.54) is 19.3 Å². The van der Waals surface area contributed by atoms with E-state index in [1.807, 2.05) is 11.8 Å². The zero-order chi connectivity index (χ0) is 18.8. The van der Waals surface area contributed by atoms with E-state index >= 15 is 0 Å². The Balaban J connectivity index is 1.85. The van der Waals surface area contributed by atoms with E-state index in [9.17, 15) is 18.8 Å². The number of hydrogen-bond donors (Lipinski definition) is 0. The van der Waals surface area contributed by atoms with Crippen molar-refractivity contribution >= 4 is 40.6 Å². The highest BCUT2D eigenvalue weighted by molar-refractivity contribution is 8.18. The van der Waals surface area contributed by atoms with Gasteiger partial charge in [-0.05, 0) is 60.9 Å². The lowest BCUT2D eigenvalue weighted by molar-refractivity contribution is -0.143. The second kappa shape index (κ2) is 7.49. The van der Waals surface area contributed by atoms with Gasteiger partial charge in [-0.1, -0.05) is 0 Å². The van der Waals surface area contributed by atoms with Crippen LogP contribution in [0.5, 0.6) is 0 Å². The molecule has 2 amide bonds. The van der Waals surface area contributed by atoms with Crippen LogP contribution in [0.4, 0.5) is 14.9 Å². The molecule has 3 rings (SSSR count). The average Bonchev–Trinajstić information content (AvgIpc) is 3.22. The third kappa shape index (κ3) is 3.60. The molecule has 0 N–H and O–H groups in total. The third-order valence-electron chi connectivity index (χ3n) is 4.46. The molecule has 138 valence electrons. The molecule has 2 aliphatic heterocycles. The number of nitrogens with zero attached hydrogens (tertiary/aromatic N) is 2. The molecule has 1 aromatic rings. The summed E-state index contributed by atoms with van der Waals surface area (Å²) in [5, 5.41) is -0.543. The van der Waals surface area contributed by atoms with Gasteiger partial charge in [-0.3, -0.25) is 19.3 Å². The van der Waals surface area contributed by atoms with Gasteiger partial charge < -0.3 is 9.64 Å². The fourth-order valence-electron chi connectivity index (χ4n) is 3.01. The second-order valence-electron chi connectivity index (χ2n) is 6.20. The Hall–Kier alpha value is -2.35. The number of imide groups is 1. The van der Waals surface area contributed by atoms with Gasteiger partial charge in [0, 0.05) is 13.1 Å². The number of carbonyl (C=O) groups is 3. The van der Waals surface area contributed by atoms with E-state index in [0.717, 1.165) is 48.2 Å². The van der Waals surface area contributed by atoms with E-state index in [1.54, 1.807) is 6.07 Å². The maximum Gasteiger partial charge on any atom is 0.325 e. The van der Waals surface area contributed by atoms with E-state index < -0.39 is 23.7 Å². The minimum Gasteiger partial charge on any atom is -0.468 e. The van der Waals surface area contributed by atoms with E-state index in [4.69, 9.17) is 0 Å². The van der Waals surface area contributed by atoms with Crippen molar-refractivity contribution in [2.24, 2.45) is 0 Å². The Morgan fingerprint density at radius 1 is 1.31 bits per heavy atom. The highest BCUT2D eigenvalue weighted by Crippen LogP contribution is 2.34. The first-order valence-corrected chi connectivity index (χ1v) is 9.09. The summed E-state index contributed by atoms with van der Waals surface area (Å²) in [5.74, 6) is -1.60. The van der Waals surface area contributed by atoms with Crippen molar-refractivity contribution < 1.29 is 23.5 Å². The predicted octanol–water partition coefficient (Wildman–Crippen LogP) is 2.94. The summed E-state index contributed by atoms with van der Waals surface area (Å²) < 4.78 is 19.0. The predicted molar refractivity (Wildman–Crippen MR) is 97.3 cm³/mol. The first-order valence-electron chi connectivity index (χ1n) is 8.28. The SMILES string of the molecule is COC(=O)CN1C(=O)SC(=Cc2cc(F)c(N3CCCC3)cc2C)C1=O. The number of methoxy groups -OCH3 is 1. The number of benzene rings is 1. The molecule has 0 aromatic heterocycles. The van der Waals surface area contributed by atoms with E-state index in [2.05, 4.69) is 4.74 Å². The van der Waals surface area contributed by atoms with Crippen LogP contribution in [0.1, 0.15) is 24.0 Å². The summed E-state index contributed by atoms with van der Waals surface area (Å²) in [5.41, 5.74) is 1.91. The van der Waals surface area contributed by atoms with Crippen LogP contribution < -0.4 is 4.90 Å². The fourth-order valence-corrected chi connectivity index (χ4v) is 3.84. The van der Waals surface area contributed by atoms with Crippen molar-refractivity contribution in [1.29, 1.82) is 0 Å². The molecule has 8 heteroatoms. The van der Waals surface area contributed by atoms with Crippen LogP contribution >= 0.6 is 11.8 Å². The van der Waals surface area contributed by atoms with Gasteiger partial charge >= 0.3 is 5.97 Å². The first-order chi connectivity index (χ1) is 12.4. The maximum absolute atomic E-state index is 14.5. The molecular formula is C18H19FN2O4S. The number of carbonyl (C=O) groups excluding carboxylic acids is 3. The van der Waals surface area contributed by atoms with Crippen molar-refractivity contribution in [3.63, 3.8) is 0 Å². The van der Waals surface area contributed by atoms with Crippen molar-refractivity contribution in [2.45, 2.75) is 19.8 Å². The number of ether oxygens (including phenoxy) is 1. The number of thioether (sulfide) groups is 1. The van der Waals surface area contributed by atoms with Gasteiger partial charge in [0.25, 0.3) is 11.1 Å². The largest absolute Gasteiger partial charge is 0.468 e. The second-order valence-corrected chi connectivity index (χ2v) is 7.19. The van der Waals surface area contributed by atoms with Gasteiger partial charge in [-0.25, -0.2) is 4.39 Å². The Morgan fingerprint density at radius 2 is 2.00 bits per heavy atom. The van der Waals surface area contributed by atoms with Gasteiger partial charge in [-0.2, -0.15) is 0 Å². The molecule has 26 heavy (non-hydrogen) atoms. The average molecular weight is 378 g/mol. The number of aryl methyl sites for hydroxylation is 1. The van der Waals surface area contributed by atoms with E-state index in [0.29, 0.717) is 11.3 Å². The monoisotopic (exact) mass is 378 g/mol. The van der Waals surface area contributed by atoms with Gasteiger partial charge in [-0.15, -0.1) is 0 Å². The molecule has 6 nitrogen and oxygen atoms in total. The topological polar surface area (TPSA) is 66.9 Å². The van der Waals surface area contributed by atoms with Crippen molar-refractivity contribution in [3.05, 3.63) is 34.0 Å². The van der Waals surface area contributed by atoms with Gasteiger partial charge in [0.15, 0.2) is 0 Å². The van der Waals surface area contributed by atoms with Crippen LogP contribution in [0.3, 0.4) is 0 Å². The number of amides is 2. The molecule has 1 aromatic carbocycles. The molecule has 2 fully saturated rings. The number of anilines is 1. The third-order valence-corrected chi connectivity index (χ3v) is 5.36. The van der Waals surface area contributed by atoms with Crippen LogP contribution in [0.15, 0.2) is 17.0 Å². The molecule has 0 atom stereocenters. The van der Waals surface area contributed by atoms with Crippen LogP contribution in [-0.2, 0) is 14.3 Å². The fraction of sp³-hybridized carbons (Fsp3) is 0.389. The molecule has 0 radical (unpaired) electrons. The number of esters is 1. The van der Waals surface area contributed by atoms with Gasteiger partial charge in [0.1, 0.15) is 12.4 Å². The van der Waals surface area contributed by atoms with E-state index in [-0.39, 0.29) is 10.7 Å². The molecule has 0 bridgehead atoms. The van der Waals surface area contributed by atoms with Gasteiger partial charge in [0.2, 0.25) is 0 Å². The summed E-state index contributed by atoms with van der Waals surface area (Å²) >= 11 is 0.731. The minimum absolute atomic E-state index is 0.162. The zero-order valence-electron chi connectivity index (χ0n) is 14.6. The Bertz CT molecular complexity index is 803. The number of rotatable bonds is 4. The molecular weight excluding hydrogens is 359 g/mol. The Morgan fingerprint density at radius 3 is 2.65 bits per heavy atom. The summed E-state index contributed by atoms with van der Waals surface area (Å²) in [6.07, 6.45) is 3.59. The van der Waals surface area contributed by atoms with Crippen LogP contribution in [0, 0.1) is 12.7 Å². The summed E-state index contributed by atoms with van der Waals surface area (Å²) in [6.45, 7) is 3.08. The minimum atomic E-state index is -0.675. The molecule has 0 saturated carbocycles. The highest BCUT2D eigenvalue weighted by atomic mass is 32.2. The number of halogens is 1. The van der Waals surface area contributed by atoms with Crippen molar-refractivity contribution in [2.75, 3.05) is 31.6 Å². The van der Waals surface area contributed by atoms with Crippen molar-refractivity contribution in [1.82, 2.24) is 4.90 Å². The van der Waals surface area contributed by atoms with Crippen LogP contribution in [0.2, 0.25) is 0 Å². The quantitative estimate of drug-likeness (QED) is 0.593. The number of hydrogen-bond acceptors (Lipinski definition) is 6. The zero-order valence-corrected chi connectivity index (χ0v) is 15.4. The summed E-state index contributed by atoms with van der Waals surface area (Å²) in [6, 6.07) is 3.16.